The third-order valence-corrected chi connectivity index (χ3v) is 6.95. The maximum absolute atomic E-state index is 12.2. The van der Waals surface area contributed by atoms with Crippen LogP contribution in [0.1, 0.15) is 70.3 Å². The number of urea groups is 1. The molecule has 4 nitrogen and oxygen atoms in total. The van der Waals surface area contributed by atoms with Gasteiger partial charge in [-0.15, -0.1) is 11.3 Å². The molecule has 2 aromatic rings. The van der Waals surface area contributed by atoms with Crippen LogP contribution in [0.2, 0.25) is 0 Å². The number of carbonyl (C=O) groups is 1. The summed E-state index contributed by atoms with van der Waals surface area (Å²) in [5.74, 6) is 0.635. The molecule has 0 atom stereocenters. The number of rotatable bonds is 10. The third-order valence-electron chi connectivity index (χ3n) is 5.97. The minimum atomic E-state index is -0.128. The zero-order valence-electron chi connectivity index (χ0n) is 18.6. The number of hydrogen-bond acceptors (Lipinski definition) is 3. The second-order valence-electron chi connectivity index (χ2n) is 8.27. The third kappa shape index (κ3) is 6.58. The molecule has 1 saturated heterocycles. The fourth-order valence-corrected chi connectivity index (χ4v) is 5.25. The standard InChI is InChI=1S/C25H37N3OS/c1-3-5-7-8-14-26-25(29)27-21-10-11-24-22(18-21)23(19-30-24)20-12-16-28(17-13-20)15-9-6-4-2/h5,7,10-11,18-20H,3-4,6,8-9,12-17H2,1-2H3,(H2,26,27,29). The zero-order valence-corrected chi connectivity index (χ0v) is 19.4. The number of carbonyl (C=O) groups excluding carboxylic acids is 1. The van der Waals surface area contributed by atoms with Crippen LogP contribution in [0.3, 0.4) is 0 Å². The zero-order chi connectivity index (χ0) is 21.2. The summed E-state index contributed by atoms with van der Waals surface area (Å²) in [5.41, 5.74) is 2.35. The second kappa shape index (κ2) is 12.1. The molecule has 0 unspecified atom stereocenters. The molecule has 0 aliphatic carbocycles. The summed E-state index contributed by atoms with van der Waals surface area (Å²) in [6, 6.07) is 6.18. The SMILES string of the molecule is CCC=CCCNC(=O)Nc1ccc2scc(C3CCN(CCCCC)CC3)c2c1. The summed E-state index contributed by atoms with van der Waals surface area (Å²) in [6.07, 6.45) is 12.6. The Morgan fingerprint density at radius 1 is 1.20 bits per heavy atom. The number of nitrogens with one attached hydrogen (secondary N) is 2. The number of piperidine rings is 1. The van der Waals surface area contributed by atoms with Crippen LogP contribution in [0.25, 0.3) is 10.1 Å². The number of fused-ring (bicyclic) bond motifs is 1. The molecule has 5 heteroatoms. The Balaban J connectivity index is 1.56. The van der Waals surface area contributed by atoms with Crippen LogP contribution in [0.5, 0.6) is 0 Å². The van der Waals surface area contributed by atoms with E-state index in [1.807, 2.05) is 17.4 Å². The molecular weight excluding hydrogens is 390 g/mol. The molecular formula is C25H37N3OS. The smallest absolute Gasteiger partial charge is 0.319 e. The Kier molecular flexibility index (Phi) is 9.22. The summed E-state index contributed by atoms with van der Waals surface area (Å²) in [7, 11) is 0. The molecule has 0 saturated carbocycles. The molecule has 164 valence electrons. The van der Waals surface area contributed by atoms with Gasteiger partial charge in [-0.05, 0) is 92.2 Å². The van der Waals surface area contributed by atoms with E-state index < -0.39 is 0 Å². The lowest BCUT2D eigenvalue weighted by Crippen LogP contribution is -2.33. The Labute approximate surface area is 185 Å². The van der Waals surface area contributed by atoms with Crippen LogP contribution in [-0.2, 0) is 0 Å². The van der Waals surface area contributed by atoms with Gasteiger partial charge >= 0.3 is 6.03 Å². The Hall–Kier alpha value is -1.85. The van der Waals surface area contributed by atoms with Gasteiger partial charge in [0.2, 0.25) is 0 Å². The molecule has 1 aromatic heterocycles. The van der Waals surface area contributed by atoms with E-state index in [9.17, 15) is 4.79 Å². The van der Waals surface area contributed by atoms with E-state index >= 15 is 0 Å². The molecule has 30 heavy (non-hydrogen) atoms. The van der Waals surface area contributed by atoms with Crippen molar-refractivity contribution in [2.75, 3.05) is 31.5 Å². The second-order valence-corrected chi connectivity index (χ2v) is 9.19. The lowest BCUT2D eigenvalue weighted by molar-refractivity contribution is 0.209. The highest BCUT2D eigenvalue weighted by atomic mass is 32.1. The largest absolute Gasteiger partial charge is 0.338 e. The Morgan fingerprint density at radius 2 is 2.03 bits per heavy atom. The van der Waals surface area contributed by atoms with Crippen molar-refractivity contribution in [3.8, 4) is 0 Å². The molecule has 1 aliphatic rings. The van der Waals surface area contributed by atoms with E-state index in [1.165, 1.54) is 67.4 Å². The molecule has 3 rings (SSSR count). The summed E-state index contributed by atoms with van der Waals surface area (Å²) < 4.78 is 1.31. The lowest BCUT2D eigenvalue weighted by atomic mass is 9.89. The topological polar surface area (TPSA) is 44.4 Å². The van der Waals surface area contributed by atoms with Gasteiger partial charge in [0.1, 0.15) is 0 Å². The van der Waals surface area contributed by atoms with Crippen molar-refractivity contribution >= 4 is 33.1 Å². The van der Waals surface area contributed by atoms with Crippen molar-refractivity contribution in [3.05, 3.63) is 41.3 Å². The van der Waals surface area contributed by atoms with Crippen molar-refractivity contribution in [1.82, 2.24) is 10.2 Å². The van der Waals surface area contributed by atoms with E-state index in [1.54, 1.807) is 0 Å². The highest BCUT2D eigenvalue weighted by Crippen LogP contribution is 2.37. The highest BCUT2D eigenvalue weighted by Gasteiger charge is 2.22. The van der Waals surface area contributed by atoms with E-state index in [0.717, 1.165) is 18.5 Å². The number of likely N-dealkylation sites (tertiary alicyclic amines) is 1. The van der Waals surface area contributed by atoms with Crippen molar-refractivity contribution < 1.29 is 4.79 Å². The normalized spacial score (nSPS) is 15.8. The predicted octanol–water partition coefficient (Wildman–Crippen LogP) is 6.75. The number of hydrogen-bond donors (Lipinski definition) is 2. The van der Waals surface area contributed by atoms with Crippen molar-refractivity contribution in [2.24, 2.45) is 0 Å². The van der Waals surface area contributed by atoms with Crippen molar-refractivity contribution in [2.45, 2.75) is 64.7 Å². The van der Waals surface area contributed by atoms with E-state index in [2.05, 4.69) is 59.0 Å². The number of unbranched alkanes of at least 4 members (excludes halogenated alkanes) is 2. The van der Waals surface area contributed by atoms with E-state index in [-0.39, 0.29) is 6.03 Å². The molecule has 2 heterocycles. The van der Waals surface area contributed by atoms with Crippen LogP contribution < -0.4 is 10.6 Å². The maximum Gasteiger partial charge on any atom is 0.319 e. The number of anilines is 1. The number of amides is 2. The Bertz CT molecular complexity index is 821. The molecule has 1 fully saturated rings. The molecule has 1 aliphatic heterocycles. The predicted molar refractivity (Wildman–Crippen MR) is 131 cm³/mol. The Morgan fingerprint density at radius 3 is 2.80 bits per heavy atom. The molecule has 0 spiro atoms. The van der Waals surface area contributed by atoms with Crippen LogP contribution >= 0.6 is 11.3 Å². The fourth-order valence-electron chi connectivity index (χ4n) is 4.22. The van der Waals surface area contributed by atoms with Gasteiger partial charge in [0.15, 0.2) is 0 Å². The number of allylic oxidation sites excluding steroid dienone is 1. The van der Waals surface area contributed by atoms with Crippen LogP contribution in [0.4, 0.5) is 10.5 Å². The summed E-state index contributed by atoms with van der Waals surface area (Å²) >= 11 is 1.82. The minimum Gasteiger partial charge on any atom is -0.338 e. The maximum atomic E-state index is 12.2. The van der Waals surface area contributed by atoms with Gasteiger partial charge in [0.05, 0.1) is 0 Å². The summed E-state index contributed by atoms with van der Waals surface area (Å²) in [4.78, 5) is 14.8. The summed E-state index contributed by atoms with van der Waals surface area (Å²) in [5, 5.41) is 9.59. The first-order chi connectivity index (χ1) is 14.7. The van der Waals surface area contributed by atoms with Crippen LogP contribution in [0, 0.1) is 0 Å². The number of thiophene rings is 1. The number of nitrogens with zero attached hydrogens (tertiary/aromatic N) is 1. The quantitative estimate of drug-likeness (QED) is 0.325. The monoisotopic (exact) mass is 427 g/mol. The number of benzene rings is 1. The summed E-state index contributed by atoms with van der Waals surface area (Å²) in [6.45, 7) is 8.71. The van der Waals surface area contributed by atoms with Gasteiger partial charge in [-0.2, -0.15) is 0 Å². The average Bonchev–Trinajstić information content (AvgIpc) is 3.17. The molecule has 2 N–H and O–H groups in total. The van der Waals surface area contributed by atoms with Gasteiger partial charge in [-0.1, -0.05) is 38.8 Å². The molecule has 0 radical (unpaired) electrons. The van der Waals surface area contributed by atoms with E-state index in [0.29, 0.717) is 12.5 Å². The molecule has 2 amide bonds. The minimum absolute atomic E-state index is 0.128. The first kappa shape index (κ1) is 22.8. The van der Waals surface area contributed by atoms with E-state index in [4.69, 9.17) is 0 Å². The first-order valence-electron chi connectivity index (χ1n) is 11.6. The first-order valence-corrected chi connectivity index (χ1v) is 12.5. The van der Waals surface area contributed by atoms with Gasteiger partial charge in [-0.25, -0.2) is 4.79 Å². The highest BCUT2D eigenvalue weighted by molar-refractivity contribution is 7.17. The lowest BCUT2D eigenvalue weighted by Gasteiger charge is -2.32. The van der Waals surface area contributed by atoms with Crippen LogP contribution in [-0.4, -0.2) is 37.1 Å². The van der Waals surface area contributed by atoms with Gasteiger partial charge < -0.3 is 15.5 Å². The average molecular weight is 428 g/mol. The van der Waals surface area contributed by atoms with Gasteiger partial charge in [0.25, 0.3) is 0 Å². The van der Waals surface area contributed by atoms with Gasteiger partial charge in [0, 0.05) is 16.9 Å². The van der Waals surface area contributed by atoms with Gasteiger partial charge in [-0.3, -0.25) is 0 Å². The fraction of sp³-hybridized carbons (Fsp3) is 0.560. The molecule has 0 bridgehead atoms. The van der Waals surface area contributed by atoms with Crippen LogP contribution in [0.15, 0.2) is 35.7 Å². The molecule has 1 aromatic carbocycles. The van der Waals surface area contributed by atoms with Crippen molar-refractivity contribution in [3.63, 3.8) is 0 Å². The van der Waals surface area contributed by atoms with Crippen molar-refractivity contribution in [1.29, 1.82) is 0 Å².